The van der Waals surface area contributed by atoms with Crippen LogP contribution in [0.2, 0.25) is 0 Å². The quantitative estimate of drug-likeness (QED) is 0.846. The van der Waals surface area contributed by atoms with Crippen molar-refractivity contribution in [2.45, 2.75) is 24.1 Å². The summed E-state index contributed by atoms with van der Waals surface area (Å²) in [6.45, 7) is 3.55. The molecule has 0 amide bonds. The van der Waals surface area contributed by atoms with Gasteiger partial charge in [-0.15, -0.1) is 11.3 Å². The molecule has 0 bridgehead atoms. The third-order valence-electron chi connectivity index (χ3n) is 2.61. The summed E-state index contributed by atoms with van der Waals surface area (Å²) in [5.41, 5.74) is 7.12. The number of aryl methyl sites for hydroxylation is 1. The van der Waals surface area contributed by atoms with E-state index >= 15 is 0 Å². The van der Waals surface area contributed by atoms with Crippen LogP contribution < -0.4 is 10.5 Å². The first kappa shape index (κ1) is 14.0. The highest BCUT2D eigenvalue weighted by atomic mass is 32.2. The van der Waals surface area contributed by atoms with Gasteiger partial charge in [0.25, 0.3) is 10.0 Å². The Kier molecular flexibility index (Phi) is 3.88. The summed E-state index contributed by atoms with van der Waals surface area (Å²) in [6.07, 6.45) is 1.37. The third-order valence-corrected chi connectivity index (χ3v) is 5.52. The highest BCUT2D eigenvalue weighted by Gasteiger charge is 2.20. The van der Waals surface area contributed by atoms with Gasteiger partial charge in [-0.2, -0.15) is 0 Å². The smallest absolute Gasteiger partial charge is 0.252 e. The van der Waals surface area contributed by atoms with E-state index in [9.17, 15) is 8.42 Å². The zero-order chi connectivity index (χ0) is 14.0. The molecule has 1 aromatic heterocycles. The lowest BCUT2D eigenvalue weighted by Crippen LogP contribution is -2.26. The largest absolute Gasteiger partial charge is 0.399 e. The van der Waals surface area contributed by atoms with Gasteiger partial charge >= 0.3 is 0 Å². The third kappa shape index (κ3) is 3.31. The van der Waals surface area contributed by atoms with Crippen LogP contribution in [0.5, 0.6) is 0 Å². The van der Waals surface area contributed by atoms with Gasteiger partial charge in [-0.3, -0.25) is 0 Å². The second-order valence-corrected chi connectivity index (χ2v) is 7.39. The lowest BCUT2D eigenvalue weighted by atomic mass is 10.1. The Bertz CT molecular complexity index is 680. The zero-order valence-electron chi connectivity index (χ0n) is 10.6. The molecule has 0 aliphatic heterocycles. The molecule has 7 heteroatoms. The molecule has 1 heterocycles. The van der Waals surface area contributed by atoms with Crippen LogP contribution in [0.25, 0.3) is 0 Å². The molecule has 0 saturated heterocycles. The van der Waals surface area contributed by atoms with Crippen molar-refractivity contribution >= 4 is 27.0 Å². The van der Waals surface area contributed by atoms with Crippen LogP contribution >= 0.6 is 11.3 Å². The molecule has 0 spiro atoms. The minimum absolute atomic E-state index is 0.223. The van der Waals surface area contributed by atoms with E-state index in [0.717, 1.165) is 21.9 Å². The minimum atomic E-state index is -3.53. The predicted octanol–water partition coefficient (Wildman–Crippen LogP) is 2.07. The molecule has 1 aromatic carbocycles. The number of sulfonamides is 1. The maximum atomic E-state index is 12.1. The topological polar surface area (TPSA) is 85.1 Å². The van der Waals surface area contributed by atoms with Gasteiger partial charge in [0.15, 0.2) is 4.21 Å². The fraction of sp³-hybridized carbons (Fsp3) is 0.250. The molecule has 3 N–H and O–H groups in total. The number of nitrogen functional groups attached to an aromatic ring is 1. The van der Waals surface area contributed by atoms with Crippen molar-refractivity contribution in [3.05, 3.63) is 41.0 Å². The summed E-state index contributed by atoms with van der Waals surface area (Å²) in [6, 6.07) is 6.80. The van der Waals surface area contributed by atoms with Crippen molar-refractivity contribution in [3.63, 3.8) is 0 Å². The molecular formula is C12H15N3O2S2. The Labute approximate surface area is 116 Å². The molecule has 2 rings (SSSR count). The number of benzene rings is 1. The van der Waals surface area contributed by atoms with Crippen molar-refractivity contribution in [1.82, 2.24) is 9.71 Å². The summed E-state index contributed by atoms with van der Waals surface area (Å²) in [7, 11) is -3.53. The number of rotatable bonds is 4. The van der Waals surface area contributed by atoms with Gasteiger partial charge < -0.3 is 5.73 Å². The molecule has 102 valence electrons. The molecule has 1 atom stereocenters. The molecule has 0 radical (unpaired) electrons. The van der Waals surface area contributed by atoms with Crippen LogP contribution in [0, 0.1) is 6.92 Å². The van der Waals surface area contributed by atoms with Crippen LogP contribution in [-0.4, -0.2) is 13.4 Å². The van der Waals surface area contributed by atoms with E-state index in [2.05, 4.69) is 9.71 Å². The number of nitrogens with two attached hydrogens (primary N) is 1. The zero-order valence-corrected chi connectivity index (χ0v) is 12.3. The molecule has 19 heavy (non-hydrogen) atoms. The minimum Gasteiger partial charge on any atom is -0.399 e. The highest BCUT2D eigenvalue weighted by Crippen LogP contribution is 2.22. The SMILES string of the molecule is Cc1ncc(S(=O)(=O)NC(C)c2cccc(N)c2)s1. The van der Waals surface area contributed by atoms with Gasteiger partial charge in [0.2, 0.25) is 0 Å². The van der Waals surface area contributed by atoms with Gasteiger partial charge in [0.1, 0.15) is 0 Å². The van der Waals surface area contributed by atoms with Crippen molar-refractivity contribution < 1.29 is 8.42 Å². The molecular weight excluding hydrogens is 282 g/mol. The van der Waals surface area contributed by atoms with Gasteiger partial charge in [-0.25, -0.2) is 18.1 Å². The van der Waals surface area contributed by atoms with Gasteiger partial charge in [-0.1, -0.05) is 12.1 Å². The summed E-state index contributed by atoms with van der Waals surface area (Å²) < 4.78 is 27.1. The van der Waals surface area contributed by atoms with E-state index in [1.54, 1.807) is 32.0 Å². The Balaban J connectivity index is 2.21. The molecule has 0 saturated carbocycles. The Morgan fingerprint density at radius 2 is 2.16 bits per heavy atom. The van der Waals surface area contributed by atoms with E-state index < -0.39 is 10.0 Å². The highest BCUT2D eigenvalue weighted by molar-refractivity contribution is 7.91. The van der Waals surface area contributed by atoms with Gasteiger partial charge in [-0.05, 0) is 31.5 Å². The van der Waals surface area contributed by atoms with Crippen LogP contribution in [0.3, 0.4) is 0 Å². The molecule has 2 aromatic rings. The number of hydrogen-bond donors (Lipinski definition) is 2. The summed E-state index contributed by atoms with van der Waals surface area (Å²) in [5.74, 6) is 0. The van der Waals surface area contributed by atoms with Crippen LogP contribution in [0.4, 0.5) is 5.69 Å². The summed E-state index contributed by atoms with van der Waals surface area (Å²) in [4.78, 5) is 3.96. The molecule has 0 aliphatic rings. The van der Waals surface area contributed by atoms with Crippen molar-refractivity contribution in [2.75, 3.05) is 5.73 Å². The van der Waals surface area contributed by atoms with E-state index in [1.165, 1.54) is 6.20 Å². The fourth-order valence-corrected chi connectivity index (χ4v) is 4.01. The monoisotopic (exact) mass is 297 g/mol. The normalized spacial score (nSPS) is 13.4. The Hall–Kier alpha value is -1.44. The maximum absolute atomic E-state index is 12.1. The second kappa shape index (κ2) is 5.28. The van der Waals surface area contributed by atoms with E-state index in [-0.39, 0.29) is 10.3 Å². The Morgan fingerprint density at radius 3 is 2.74 bits per heavy atom. The molecule has 0 fully saturated rings. The van der Waals surface area contributed by atoms with Crippen LogP contribution in [0.15, 0.2) is 34.7 Å². The van der Waals surface area contributed by atoms with Gasteiger partial charge in [0, 0.05) is 11.7 Å². The number of thiazole rings is 1. The number of nitrogens with zero attached hydrogens (tertiary/aromatic N) is 1. The maximum Gasteiger partial charge on any atom is 0.252 e. The lowest BCUT2D eigenvalue weighted by molar-refractivity contribution is 0.569. The average molecular weight is 297 g/mol. The number of hydrogen-bond acceptors (Lipinski definition) is 5. The van der Waals surface area contributed by atoms with E-state index in [1.807, 2.05) is 6.07 Å². The number of anilines is 1. The number of aromatic nitrogens is 1. The first-order valence-electron chi connectivity index (χ1n) is 5.69. The van der Waals surface area contributed by atoms with Crippen molar-refractivity contribution in [1.29, 1.82) is 0 Å². The standard InChI is InChI=1S/C12H15N3O2S2/c1-8(10-4-3-5-11(13)6-10)15-19(16,17)12-7-14-9(2)18-12/h3-8,15H,13H2,1-2H3. The summed E-state index contributed by atoms with van der Waals surface area (Å²) in [5, 5.41) is 0.719. The second-order valence-electron chi connectivity index (χ2n) is 4.21. The first-order chi connectivity index (χ1) is 8.88. The lowest BCUT2D eigenvalue weighted by Gasteiger charge is -2.14. The molecule has 1 unspecified atom stereocenters. The molecule has 5 nitrogen and oxygen atoms in total. The van der Waals surface area contributed by atoms with Crippen LogP contribution in [-0.2, 0) is 10.0 Å². The summed E-state index contributed by atoms with van der Waals surface area (Å²) >= 11 is 1.15. The number of nitrogens with one attached hydrogen (secondary N) is 1. The van der Waals surface area contributed by atoms with Gasteiger partial charge in [0.05, 0.1) is 11.2 Å². The average Bonchev–Trinajstić information content (AvgIpc) is 2.76. The Morgan fingerprint density at radius 1 is 1.42 bits per heavy atom. The fourth-order valence-electron chi connectivity index (χ4n) is 1.65. The predicted molar refractivity (Wildman–Crippen MR) is 76.4 cm³/mol. The van der Waals surface area contributed by atoms with Crippen LogP contribution in [0.1, 0.15) is 23.5 Å². The van der Waals surface area contributed by atoms with E-state index in [4.69, 9.17) is 5.73 Å². The van der Waals surface area contributed by atoms with Crippen molar-refractivity contribution in [2.24, 2.45) is 0 Å². The van der Waals surface area contributed by atoms with Crippen molar-refractivity contribution in [3.8, 4) is 0 Å². The first-order valence-corrected chi connectivity index (χ1v) is 7.98. The molecule has 0 aliphatic carbocycles. The van der Waals surface area contributed by atoms with E-state index in [0.29, 0.717) is 5.69 Å².